The minimum atomic E-state index is -0.394. The number of hydrogen-bond acceptors (Lipinski definition) is 1. The maximum atomic E-state index is 8.31. The van der Waals surface area contributed by atoms with E-state index in [2.05, 4.69) is 41.7 Å². The maximum Gasteiger partial charge on any atom is 0.0629 e. The van der Waals surface area contributed by atoms with Crippen LogP contribution in [0.1, 0.15) is 6.85 Å². The highest BCUT2D eigenvalue weighted by Crippen LogP contribution is 2.33. The van der Waals surface area contributed by atoms with Crippen LogP contribution in [0.4, 0.5) is 11.4 Å². The summed E-state index contributed by atoms with van der Waals surface area (Å²) < 4.78 is 40.5. The first-order valence-electron chi connectivity index (χ1n) is 12.6. The predicted octanol–water partition coefficient (Wildman–Crippen LogP) is 8.43. The summed E-state index contributed by atoms with van der Waals surface area (Å²) in [7, 11) is 0. The molecule has 0 saturated heterocycles. The van der Waals surface area contributed by atoms with Gasteiger partial charge in [-0.05, 0) is 52.1 Å². The van der Waals surface area contributed by atoms with Crippen molar-refractivity contribution in [1.82, 2.24) is 0 Å². The molecule has 0 aliphatic carbocycles. The molecule has 31 heavy (non-hydrogen) atoms. The fourth-order valence-electron chi connectivity index (χ4n) is 3.64. The van der Waals surface area contributed by atoms with Crippen molar-refractivity contribution in [2.75, 3.05) is 5.32 Å². The molecule has 0 spiro atoms. The zero-order valence-corrected chi connectivity index (χ0v) is 16.8. The highest BCUT2D eigenvalue weighted by atomic mass is 14.9. The summed E-state index contributed by atoms with van der Waals surface area (Å²) >= 11 is 0. The van der Waals surface area contributed by atoms with Gasteiger partial charge in [-0.1, -0.05) is 109 Å². The van der Waals surface area contributed by atoms with Gasteiger partial charge in [0.2, 0.25) is 0 Å². The monoisotopic (exact) mass is 402 g/mol. The summed E-state index contributed by atoms with van der Waals surface area (Å²) in [5.41, 5.74) is 6.79. The first kappa shape index (κ1) is 14.0. The molecule has 5 aromatic carbocycles. The van der Waals surface area contributed by atoms with Crippen LogP contribution in [0.5, 0.6) is 0 Å². The van der Waals surface area contributed by atoms with Crippen molar-refractivity contribution in [2.45, 2.75) is 0 Å². The summed E-state index contributed by atoms with van der Waals surface area (Å²) in [4.78, 5) is 0. The molecular formula is C30H23N. The van der Waals surface area contributed by atoms with Crippen molar-refractivity contribution >= 4 is 11.4 Å². The second-order valence-corrected chi connectivity index (χ2v) is 7.20. The van der Waals surface area contributed by atoms with E-state index in [1.807, 2.05) is 60.7 Å². The number of nitrogens with one attached hydrogen (secondary N) is 1. The van der Waals surface area contributed by atoms with Crippen molar-refractivity contribution in [3.8, 4) is 33.4 Å². The molecule has 0 unspecified atom stereocenters. The van der Waals surface area contributed by atoms with Gasteiger partial charge < -0.3 is 5.32 Å². The third-order valence-corrected chi connectivity index (χ3v) is 5.14. The summed E-state index contributed by atoms with van der Waals surface area (Å²) in [6, 6.07) is 32.4. The van der Waals surface area contributed by atoms with Crippen LogP contribution >= 0.6 is 0 Å². The maximum absolute atomic E-state index is 8.31. The highest BCUT2D eigenvalue weighted by molar-refractivity contribution is 5.84. The lowest BCUT2D eigenvalue weighted by atomic mass is 9.98. The van der Waals surface area contributed by atoms with Gasteiger partial charge in [-0.3, -0.25) is 0 Å². The van der Waals surface area contributed by atoms with Gasteiger partial charge in [0.05, 0.1) is 6.85 Å². The Morgan fingerprint density at radius 2 is 1.13 bits per heavy atom. The molecule has 5 rings (SSSR count). The van der Waals surface area contributed by atoms with Gasteiger partial charge in [-0.25, -0.2) is 0 Å². The molecule has 5 aromatic rings. The van der Waals surface area contributed by atoms with Crippen LogP contribution < -0.4 is 5.32 Å². The molecular weight excluding hydrogens is 374 g/mol. The number of rotatable bonds is 5. The van der Waals surface area contributed by atoms with E-state index in [4.69, 9.17) is 6.85 Å². The van der Waals surface area contributed by atoms with Crippen molar-refractivity contribution in [1.29, 1.82) is 0 Å². The smallest absolute Gasteiger partial charge is 0.0629 e. The molecule has 0 amide bonds. The Hall–Kier alpha value is -4.10. The van der Waals surface area contributed by atoms with Crippen LogP contribution in [0.2, 0.25) is 0 Å². The molecule has 1 N–H and O–H groups in total. The molecule has 0 aliphatic heterocycles. The van der Waals surface area contributed by atoms with Crippen LogP contribution in [-0.4, -0.2) is 0 Å². The number of para-hydroxylation sites is 1. The zero-order valence-electron chi connectivity index (χ0n) is 21.8. The van der Waals surface area contributed by atoms with Gasteiger partial charge in [0.15, 0.2) is 0 Å². The van der Waals surface area contributed by atoms with E-state index in [9.17, 15) is 0 Å². The minimum Gasteiger partial charge on any atom is -0.355 e. The van der Waals surface area contributed by atoms with E-state index in [1.54, 1.807) is 6.07 Å². The molecule has 1 heteroatoms. The molecule has 0 aliphatic rings. The summed E-state index contributed by atoms with van der Waals surface area (Å²) in [6.07, 6.45) is 0. The van der Waals surface area contributed by atoms with Gasteiger partial charge in [-0.15, -0.1) is 0 Å². The fraction of sp³-hybridized carbons (Fsp3) is 0. The van der Waals surface area contributed by atoms with Gasteiger partial charge >= 0.3 is 0 Å². The van der Waals surface area contributed by atoms with E-state index in [1.165, 1.54) is 0 Å². The van der Waals surface area contributed by atoms with Crippen LogP contribution in [0.15, 0.2) is 133 Å². The largest absolute Gasteiger partial charge is 0.355 e. The second-order valence-electron chi connectivity index (χ2n) is 7.20. The topological polar surface area (TPSA) is 12.0 Å². The van der Waals surface area contributed by atoms with E-state index < -0.39 is 6.04 Å². The molecule has 148 valence electrons. The van der Waals surface area contributed by atoms with Gasteiger partial charge in [0.1, 0.15) is 0 Å². The predicted molar refractivity (Wildman–Crippen MR) is 132 cm³/mol. The molecule has 0 saturated carbocycles. The van der Waals surface area contributed by atoms with Crippen molar-refractivity contribution < 1.29 is 6.85 Å². The molecule has 1 nitrogen and oxygen atoms in total. The number of anilines is 2. The summed E-state index contributed by atoms with van der Waals surface area (Å²) in [5.74, 6) is 0. The van der Waals surface area contributed by atoms with Crippen molar-refractivity contribution in [3.05, 3.63) is 133 Å². The Morgan fingerprint density at radius 3 is 1.97 bits per heavy atom. The lowest BCUT2D eigenvalue weighted by Crippen LogP contribution is -1.94. The highest BCUT2D eigenvalue weighted by Gasteiger charge is 2.07. The van der Waals surface area contributed by atoms with Gasteiger partial charge in [0, 0.05) is 16.9 Å². The van der Waals surface area contributed by atoms with E-state index in [0.717, 1.165) is 33.6 Å². The van der Waals surface area contributed by atoms with Crippen LogP contribution in [0, 0.1) is 0 Å². The Labute approximate surface area is 190 Å². The molecule has 0 atom stereocenters. The Morgan fingerprint density at radius 1 is 0.484 bits per heavy atom. The van der Waals surface area contributed by atoms with Crippen molar-refractivity contribution in [3.63, 3.8) is 0 Å². The molecule has 0 bridgehead atoms. The van der Waals surface area contributed by atoms with E-state index >= 15 is 0 Å². The van der Waals surface area contributed by atoms with E-state index in [0.29, 0.717) is 5.56 Å². The van der Waals surface area contributed by atoms with Crippen LogP contribution in [-0.2, 0) is 0 Å². The standard InChI is InChI=1S/C30H23N/c1-3-11-23(12-4-1)25-15-9-17-27(21-25)29-19-7-8-20-30(29)31-28-18-10-16-26(22-28)24-13-5-2-6-14-24/h1-22,31H/i2D,5D,6D,13D,14D. The van der Waals surface area contributed by atoms with E-state index in [-0.39, 0.29) is 29.7 Å². The Balaban J connectivity index is 1.53. The molecule has 0 fully saturated rings. The van der Waals surface area contributed by atoms with Crippen LogP contribution in [0.3, 0.4) is 0 Å². The third kappa shape index (κ3) is 4.26. The third-order valence-electron chi connectivity index (χ3n) is 5.14. The summed E-state index contributed by atoms with van der Waals surface area (Å²) in [5, 5.41) is 3.47. The molecule has 0 radical (unpaired) electrons. The first-order valence-corrected chi connectivity index (χ1v) is 10.1. The van der Waals surface area contributed by atoms with Crippen LogP contribution in [0.25, 0.3) is 33.4 Å². The molecule has 0 heterocycles. The average molecular weight is 403 g/mol. The quantitative estimate of drug-likeness (QED) is 0.311. The van der Waals surface area contributed by atoms with Crippen molar-refractivity contribution in [2.24, 2.45) is 0 Å². The SMILES string of the molecule is [2H]c1c([2H])c([2H])c(-c2cccc(Nc3ccccc3-c3cccc(-c4ccccc4)c3)c2)c([2H])c1[2H]. The summed E-state index contributed by atoms with van der Waals surface area (Å²) in [6.45, 7) is 0. The number of hydrogen-bond donors (Lipinski definition) is 1. The average Bonchev–Trinajstić information content (AvgIpc) is 2.92. The first-order chi connectivity index (χ1) is 17.4. The minimum absolute atomic E-state index is 0.188. The van der Waals surface area contributed by atoms with Gasteiger partial charge in [-0.2, -0.15) is 0 Å². The lowest BCUT2D eigenvalue weighted by Gasteiger charge is -2.14. The second kappa shape index (κ2) is 8.73. The lowest BCUT2D eigenvalue weighted by molar-refractivity contribution is 1.52. The van der Waals surface area contributed by atoms with Gasteiger partial charge in [0.25, 0.3) is 0 Å². The zero-order chi connectivity index (χ0) is 25.2. The normalized spacial score (nSPS) is 12.8. The molecule has 0 aromatic heterocycles. The number of benzene rings is 5. The Bertz CT molecular complexity index is 1530. The Kier molecular flexibility index (Phi) is 3.94. The fourth-order valence-corrected chi connectivity index (χ4v) is 3.64.